The molecule has 0 spiro atoms. The van der Waals surface area contributed by atoms with Gasteiger partial charge in [-0.1, -0.05) is 49.6 Å². The lowest BCUT2D eigenvalue weighted by atomic mass is 9.81. The van der Waals surface area contributed by atoms with E-state index in [2.05, 4.69) is 29.6 Å². The van der Waals surface area contributed by atoms with Crippen LogP contribution in [0, 0.1) is 5.92 Å². The van der Waals surface area contributed by atoms with Crippen molar-refractivity contribution in [1.29, 1.82) is 0 Å². The van der Waals surface area contributed by atoms with Crippen LogP contribution in [0.2, 0.25) is 0 Å². The summed E-state index contributed by atoms with van der Waals surface area (Å²) < 4.78 is 5.60. The molecule has 3 rings (SSSR count). The van der Waals surface area contributed by atoms with Gasteiger partial charge in [0.15, 0.2) is 0 Å². The van der Waals surface area contributed by atoms with E-state index < -0.39 is 0 Å². The molecule has 2 aliphatic rings. The SMILES string of the molecule is O=C(C[C@@H]1CCCO1)N[C@H](c1ccccc1)C1CCCCC1. The molecule has 1 aliphatic carbocycles. The van der Waals surface area contributed by atoms with Crippen LogP contribution < -0.4 is 5.32 Å². The van der Waals surface area contributed by atoms with Crippen LogP contribution in [0.5, 0.6) is 0 Å². The first-order chi connectivity index (χ1) is 10.8. The fraction of sp³-hybridized carbons (Fsp3) is 0.632. The first kappa shape index (κ1) is 15.5. The minimum absolute atomic E-state index is 0.128. The van der Waals surface area contributed by atoms with Gasteiger partial charge >= 0.3 is 0 Å². The highest BCUT2D eigenvalue weighted by Gasteiger charge is 2.27. The molecule has 2 fully saturated rings. The molecular formula is C19H27NO2. The molecule has 1 aromatic carbocycles. The van der Waals surface area contributed by atoms with E-state index in [1.165, 1.54) is 37.7 Å². The molecule has 0 bridgehead atoms. The van der Waals surface area contributed by atoms with Crippen LogP contribution >= 0.6 is 0 Å². The quantitative estimate of drug-likeness (QED) is 0.893. The predicted molar refractivity (Wildman–Crippen MR) is 87.5 cm³/mol. The van der Waals surface area contributed by atoms with Crippen LogP contribution in [0.25, 0.3) is 0 Å². The van der Waals surface area contributed by atoms with Gasteiger partial charge in [-0.2, -0.15) is 0 Å². The largest absolute Gasteiger partial charge is 0.378 e. The maximum absolute atomic E-state index is 12.4. The second-order valence-corrected chi connectivity index (χ2v) is 6.69. The minimum atomic E-state index is 0.128. The molecule has 0 unspecified atom stereocenters. The molecule has 1 N–H and O–H groups in total. The van der Waals surface area contributed by atoms with Crippen molar-refractivity contribution in [3.63, 3.8) is 0 Å². The highest BCUT2D eigenvalue weighted by molar-refractivity contribution is 5.77. The summed E-state index contributed by atoms with van der Waals surface area (Å²) in [6, 6.07) is 10.6. The summed E-state index contributed by atoms with van der Waals surface area (Å²) in [5.74, 6) is 0.718. The summed E-state index contributed by atoms with van der Waals surface area (Å²) in [6.07, 6.45) is 9.10. The van der Waals surface area contributed by atoms with E-state index in [1.54, 1.807) is 0 Å². The third kappa shape index (κ3) is 4.10. The summed E-state index contributed by atoms with van der Waals surface area (Å²) in [4.78, 5) is 12.4. The molecule has 1 saturated heterocycles. The zero-order valence-corrected chi connectivity index (χ0v) is 13.3. The summed E-state index contributed by atoms with van der Waals surface area (Å²) >= 11 is 0. The van der Waals surface area contributed by atoms with Crippen molar-refractivity contribution in [2.75, 3.05) is 6.61 Å². The van der Waals surface area contributed by atoms with Gasteiger partial charge in [-0.05, 0) is 37.2 Å². The number of carbonyl (C=O) groups excluding carboxylic acids is 1. The number of nitrogens with one attached hydrogen (secondary N) is 1. The number of hydrogen-bond acceptors (Lipinski definition) is 2. The number of benzene rings is 1. The topological polar surface area (TPSA) is 38.3 Å². The number of ether oxygens (including phenoxy) is 1. The van der Waals surface area contributed by atoms with Crippen LogP contribution in [0.3, 0.4) is 0 Å². The van der Waals surface area contributed by atoms with E-state index in [4.69, 9.17) is 4.74 Å². The first-order valence-electron chi connectivity index (χ1n) is 8.79. The standard InChI is InChI=1S/C19H27NO2/c21-18(14-17-12-7-13-22-17)20-19(15-8-3-1-4-9-15)16-10-5-2-6-11-16/h1,3-4,8-9,16-17,19H,2,5-7,10-14H2,(H,20,21)/t17-,19+/m0/s1. The van der Waals surface area contributed by atoms with Crippen LogP contribution in [0.15, 0.2) is 30.3 Å². The smallest absolute Gasteiger partial charge is 0.223 e. The van der Waals surface area contributed by atoms with Gasteiger partial charge in [-0.25, -0.2) is 0 Å². The molecular weight excluding hydrogens is 274 g/mol. The van der Waals surface area contributed by atoms with E-state index >= 15 is 0 Å². The van der Waals surface area contributed by atoms with Crippen LogP contribution in [-0.2, 0) is 9.53 Å². The van der Waals surface area contributed by atoms with E-state index in [9.17, 15) is 4.79 Å². The van der Waals surface area contributed by atoms with E-state index in [-0.39, 0.29) is 18.1 Å². The normalized spacial score (nSPS) is 24.1. The molecule has 1 aliphatic heterocycles. The van der Waals surface area contributed by atoms with Crippen molar-refractivity contribution in [2.24, 2.45) is 5.92 Å². The summed E-state index contributed by atoms with van der Waals surface area (Å²) in [6.45, 7) is 0.808. The van der Waals surface area contributed by atoms with Crippen molar-refractivity contribution in [3.05, 3.63) is 35.9 Å². The molecule has 0 radical (unpaired) electrons. The van der Waals surface area contributed by atoms with Gasteiger partial charge in [0.2, 0.25) is 5.91 Å². The number of hydrogen-bond donors (Lipinski definition) is 1. The number of rotatable bonds is 5. The highest BCUT2D eigenvalue weighted by Crippen LogP contribution is 2.34. The van der Waals surface area contributed by atoms with Crippen LogP contribution in [0.4, 0.5) is 0 Å². The molecule has 3 heteroatoms. The molecule has 0 aromatic heterocycles. The Morgan fingerprint density at radius 3 is 2.55 bits per heavy atom. The summed E-state index contributed by atoms with van der Waals surface area (Å²) in [5, 5.41) is 3.31. The van der Waals surface area contributed by atoms with Crippen molar-refractivity contribution in [1.82, 2.24) is 5.32 Å². The van der Waals surface area contributed by atoms with Crippen molar-refractivity contribution >= 4 is 5.91 Å². The number of carbonyl (C=O) groups is 1. The zero-order valence-electron chi connectivity index (χ0n) is 13.3. The third-order valence-electron chi connectivity index (χ3n) is 5.03. The van der Waals surface area contributed by atoms with Gasteiger partial charge in [0, 0.05) is 6.61 Å². The van der Waals surface area contributed by atoms with Gasteiger partial charge in [-0.3, -0.25) is 4.79 Å². The maximum atomic E-state index is 12.4. The molecule has 22 heavy (non-hydrogen) atoms. The number of amides is 1. The zero-order chi connectivity index (χ0) is 15.2. The van der Waals surface area contributed by atoms with E-state index in [0.29, 0.717) is 12.3 Å². The van der Waals surface area contributed by atoms with Crippen molar-refractivity contribution < 1.29 is 9.53 Å². The summed E-state index contributed by atoms with van der Waals surface area (Å²) in [5.41, 5.74) is 1.25. The molecule has 1 aromatic rings. The Morgan fingerprint density at radius 2 is 1.86 bits per heavy atom. The van der Waals surface area contributed by atoms with E-state index in [0.717, 1.165) is 19.4 Å². The Labute approximate surface area is 133 Å². The Bertz CT molecular complexity index is 462. The molecule has 1 heterocycles. The Balaban J connectivity index is 1.66. The lowest BCUT2D eigenvalue weighted by molar-refractivity contribution is -0.124. The molecule has 3 nitrogen and oxygen atoms in total. The lowest BCUT2D eigenvalue weighted by Crippen LogP contribution is -2.36. The first-order valence-corrected chi connectivity index (χ1v) is 8.79. The second kappa shape index (κ2) is 7.77. The molecule has 2 atom stereocenters. The highest BCUT2D eigenvalue weighted by atomic mass is 16.5. The van der Waals surface area contributed by atoms with Crippen LogP contribution in [0.1, 0.15) is 63.0 Å². The van der Waals surface area contributed by atoms with Crippen molar-refractivity contribution in [2.45, 2.75) is 63.5 Å². The van der Waals surface area contributed by atoms with Gasteiger partial charge in [0.25, 0.3) is 0 Å². The van der Waals surface area contributed by atoms with Gasteiger partial charge in [-0.15, -0.1) is 0 Å². The molecule has 120 valence electrons. The average Bonchev–Trinajstić information content (AvgIpc) is 3.07. The minimum Gasteiger partial charge on any atom is -0.378 e. The maximum Gasteiger partial charge on any atom is 0.223 e. The van der Waals surface area contributed by atoms with Crippen molar-refractivity contribution in [3.8, 4) is 0 Å². The average molecular weight is 301 g/mol. The Morgan fingerprint density at radius 1 is 1.09 bits per heavy atom. The fourth-order valence-electron chi connectivity index (χ4n) is 3.85. The monoisotopic (exact) mass is 301 g/mol. The van der Waals surface area contributed by atoms with Crippen LogP contribution in [-0.4, -0.2) is 18.6 Å². The predicted octanol–water partition coefficient (Wildman–Crippen LogP) is 3.99. The van der Waals surface area contributed by atoms with Gasteiger partial charge < -0.3 is 10.1 Å². The Hall–Kier alpha value is -1.35. The second-order valence-electron chi connectivity index (χ2n) is 6.69. The molecule has 1 saturated carbocycles. The lowest BCUT2D eigenvalue weighted by Gasteiger charge is -2.31. The van der Waals surface area contributed by atoms with Gasteiger partial charge in [0.1, 0.15) is 0 Å². The van der Waals surface area contributed by atoms with E-state index in [1.807, 2.05) is 6.07 Å². The third-order valence-corrected chi connectivity index (χ3v) is 5.03. The molecule has 1 amide bonds. The Kier molecular flexibility index (Phi) is 5.49. The van der Waals surface area contributed by atoms with Gasteiger partial charge in [0.05, 0.1) is 18.6 Å². The fourth-order valence-corrected chi connectivity index (χ4v) is 3.85. The summed E-state index contributed by atoms with van der Waals surface area (Å²) in [7, 11) is 0.